The van der Waals surface area contributed by atoms with Crippen molar-refractivity contribution >= 4 is 11.7 Å². The molecule has 0 unspecified atom stereocenters. The first kappa shape index (κ1) is 15.2. The molecule has 0 radical (unpaired) electrons. The van der Waals surface area contributed by atoms with Crippen molar-refractivity contribution in [1.82, 2.24) is 20.0 Å². The van der Waals surface area contributed by atoms with E-state index < -0.39 is 0 Å². The Balaban J connectivity index is 1.48. The molecule has 22 heavy (non-hydrogen) atoms. The van der Waals surface area contributed by atoms with Crippen LogP contribution in [0, 0.1) is 19.8 Å². The highest BCUT2D eigenvalue weighted by Gasteiger charge is 2.31. The highest BCUT2D eigenvalue weighted by Crippen LogP contribution is 2.30. The molecule has 1 amide bonds. The Morgan fingerprint density at radius 2 is 1.86 bits per heavy atom. The Morgan fingerprint density at radius 1 is 1.18 bits per heavy atom. The number of amides is 1. The lowest BCUT2D eigenvalue weighted by molar-refractivity contribution is -0.132. The van der Waals surface area contributed by atoms with Gasteiger partial charge in [0.05, 0.1) is 18.7 Å². The molecule has 1 aliphatic carbocycles. The topological polar surface area (TPSA) is 69.3 Å². The normalized spacial score (nSPS) is 19.5. The summed E-state index contributed by atoms with van der Waals surface area (Å²) in [4.78, 5) is 28.3. The molecule has 120 valence electrons. The summed E-state index contributed by atoms with van der Waals surface area (Å²) in [7, 11) is 0. The number of nitrogens with one attached hydrogen (secondary N) is 1. The summed E-state index contributed by atoms with van der Waals surface area (Å²) in [5.74, 6) is 0.858. The van der Waals surface area contributed by atoms with Crippen LogP contribution in [0.25, 0.3) is 0 Å². The Bertz CT molecular complexity index is 549. The van der Waals surface area contributed by atoms with Gasteiger partial charge in [0.2, 0.25) is 5.91 Å². The van der Waals surface area contributed by atoms with Crippen molar-refractivity contribution in [2.24, 2.45) is 5.92 Å². The van der Waals surface area contributed by atoms with Gasteiger partial charge in [-0.05, 0) is 26.7 Å². The molecule has 1 aromatic rings. The van der Waals surface area contributed by atoms with Gasteiger partial charge in [-0.1, -0.05) is 0 Å². The lowest BCUT2D eigenvalue weighted by atomic mass is 10.1. The van der Waals surface area contributed by atoms with Gasteiger partial charge >= 0.3 is 0 Å². The van der Waals surface area contributed by atoms with Crippen molar-refractivity contribution in [3.63, 3.8) is 0 Å². The van der Waals surface area contributed by atoms with E-state index in [1.165, 1.54) is 0 Å². The van der Waals surface area contributed by atoms with Gasteiger partial charge < -0.3 is 4.90 Å². The molecule has 0 bridgehead atoms. The maximum atomic E-state index is 12.4. The lowest BCUT2D eigenvalue weighted by Crippen LogP contribution is -2.50. The summed E-state index contributed by atoms with van der Waals surface area (Å²) in [6.07, 6.45) is 2.55. The monoisotopic (exact) mass is 304 g/mol. The van der Waals surface area contributed by atoms with Gasteiger partial charge in [0.25, 0.3) is 0 Å². The number of ketones is 1. The summed E-state index contributed by atoms with van der Waals surface area (Å²) in [5, 5.41) is 7.06. The zero-order chi connectivity index (χ0) is 15.7. The highest BCUT2D eigenvalue weighted by atomic mass is 16.2. The molecule has 2 aliphatic rings. The van der Waals surface area contributed by atoms with Crippen LogP contribution in [-0.2, 0) is 16.0 Å². The third-order valence-corrected chi connectivity index (χ3v) is 4.75. The van der Waals surface area contributed by atoms with Crippen molar-refractivity contribution in [3.05, 3.63) is 17.0 Å². The molecular formula is C16H24N4O2. The van der Waals surface area contributed by atoms with E-state index in [9.17, 15) is 9.59 Å². The number of nitrogens with zero attached hydrogens (tertiary/aromatic N) is 3. The molecule has 2 fully saturated rings. The average molecular weight is 304 g/mol. The highest BCUT2D eigenvalue weighted by molar-refractivity contribution is 5.85. The van der Waals surface area contributed by atoms with Crippen LogP contribution >= 0.6 is 0 Å². The molecule has 0 aromatic carbocycles. The summed E-state index contributed by atoms with van der Waals surface area (Å²) < 4.78 is 0. The molecule has 6 heteroatoms. The lowest BCUT2D eigenvalue weighted by Gasteiger charge is -2.34. The quantitative estimate of drug-likeness (QED) is 0.869. The molecule has 1 N–H and O–H groups in total. The molecule has 0 atom stereocenters. The van der Waals surface area contributed by atoms with Crippen LogP contribution in [0.5, 0.6) is 0 Å². The smallest absolute Gasteiger partial charge is 0.227 e. The van der Waals surface area contributed by atoms with E-state index in [1.54, 1.807) is 0 Å². The Kier molecular flexibility index (Phi) is 4.29. The summed E-state index contributed by atoms with van der Waals surface area (Å²) in [6, 6.07) is 0. The number of Topliss-reactive ketones (excluding diaryl/α,β-unsaturated/α-hetero) is 1. The minimum Gasteiger partial charge on any atom is -0.340 e. The third-order valence-electron chi connectivity index (χ3n) is 4.75. The van der Waals surface area contributed by atoms with Gasteiger partial charge in [0.15, 0.2) is 0 Å². The SMILES string of the molecule is Cc1n[nH]c(C)c1CC(=O)N1CCN(CC(=O)C2CC2)CC1. The fourth-order valence-electron chi connectivity index (χ4n) is 3.01. The Labute approximate surface area is 130 Å². The number of rotatable bonds is 5. The number of H-pyrrole nitrogens is 1. The van der Waals surface area contributed by atoms with Crippen LogP contribution in [0.15, 0.2) is 0 Å². The predicted molar refractivity (Wildman–Crippen MR) is 82.5 cm³/mol. The Hall–Kier alpha value is -1.69. The van der Waals surface area contributed by atoms with E-state index in [4.69, 9.17) is 0 Å². The number of hydrogen-bond acceptors (Lipinski definition) is 4. The number of hydrogen-bond donors (Lipinski definition) is 1. The second-order valence-electron chi connectivity index (χ2n) is 6.49. The van der Waals surface area contributed by atoms with Crippen LogP contribution in [0.4, 0.5) is 0 Å². The largest absolute Gasteiger partial charge is 0.340 e. The summed E-state index contributed by atoms with van der Waals surface area (Å²) in [6.45, 7) is 7.46. The van der Waals surface area contributed by atoms with Gasteiger partial charge in [-0.25, -0.2) is 0 Å². The van der Waals surface area contributed by atoms with E-state index in [0.29, 0.717) is 37.8 Å². The number of carbonyl (C=O) groups is 2. The molecular weight excluding hydrogens is 280 g/mol. The zero-order valence-corrected chi connectivity index (χ0v) is 13.4. The predicted octanol–water partition coefficient (Wildman–Crippen LogP) is 0.692. The van der Waals surface area contributed by atoms with Crippen LogP contribution in [-0.4, -0.2) is 64.4 Å². The van der Waals surface area contributed by atoms with E-state index in [1.807, 2.05) is 18.7 Å². The van der Waals surface area contributed by atoms with E-state index >= 15 is 0 Å². The zero-order valence-electron chi connectivity index (χ0n) is 13.4. The molecule has 1 aliphatic heterocycles. The second-order valence-corrected chi connectivity index (χ2v) is 6.49. The summed E-state index contributed by atoms with van der Waals surface area (Å²) >= 11 is 0. The number of aryl methyl sites for hydroxylation is 2. The van der Waals surface area contributed by atoms with Crippen LogP contribution in [0.3, 0.4) is 0 Å². The van der Waals surface area contributed by atoms with Crippen molar-refractivity contribution in [3.8, 4) is 0 Å². The van der Waals surface area contributed by atoms with Crippen molar-refractivity contribution in [2.45, 2.75) is 33.1 Å². The fourth-order valence-corrected chi connectivity index (χ4v) is 3.01. The van der Waals surface area contributed by atoms with Crippen LogP contribution < -0.4 is 0 Å². The standard InChI is InChI=1S/C16H24N4O2/c1-11-14(12(2)18-17-11)9-16(22)20-7-5-19(6-8-20)10-15(21)13-3-4-13/h13H,3-10H2,1-2H3,(H,17,18). The molecule has 2 heterocycles. The van der Waals surface area contributed by atoms with Gasteiger partial charge in [0.1, 0.15) is 5.78 Å². The van der Waals surface area contributed by atoms with Gasteiger partial charge in [-0.15, -0.1) is 0 Å². The van der Waals surface area contributed by atoms with Gasteiger partial charge in [-0.2, -0.15) is 5.10 Å². The first-order valence-corrected chi connectivity index (χ1v) is 8.08. The minimum absolute atomic E-state index is 0.153. The van der Waals surface area contributed by atoms with Crippen molar-refractivity contribution in [2.75, 3.05) is 32.7 Å². The van der Waals surface area contributed by atoms with E-state index in [-0.39, 0.29) is 5.91 Å². The van der Waals surface area contributed by atoms with Gasteiger partial charge in [0, 0.05) is 43.4 Å². The van der Waals surface area contributed by atoms with Crippen LogP contribution in [0.1, 0.15) is 29.8 Å². The summed E-state index contributed by atoms with van der Waals surface area (Å²) in [5.41, 5.74) is 2.88. The average Bonchev–Trinajstić information content (AvgIpc) is 3.31. The third kappa shape index (κ3) is 3.38. The fraction of sp³-hybridized carbons (Fsp3) is 0.688. The Morgan fingerprint density at radius 3 is 2.41 bits per heavy atom. The molecule has 1 aromatic heterocycles. The minimum atomic E-state index is 0.153. The first-order valence-electron chi connectivity index (χ1n) is 8.08. The molecule has 1 saturated heterocycles. The molecule has 0 spiro atoms. The number of carbonyl (C=O) groups excluding carboxylic acids is 2. The molecule has 1 saturated carbocycles. The van der Waals surface area contributed by atoms with Crippen molar-refractivity contribution < 1.29 is 9.59 Å². The molecule has 6 nitrogen and oxygen atoms in total. The van der Waals surface area contributed by atoms with Crippen LogP contribution in [0.2, 0.25) is 0 Å². The van der Waals surface area contributed by atoms with E-state index in [0.717, 1.165) is 42.9 Å². The number of aromatic nitrogens is 2. The van der Waals surface area contributed by atoms with Crippen molar-refractivity contribution in [1.29, 1.82) is 0 Å². The molecule has 3 rings (SSSR count). The maximum absolute atomic E-state index is 12.4. The van der Waals surface area contributed by atoms with Gasteiger partial charge in [-0.3, -0.25) is 19.6 Å². The number of aromatic amines is 1. The number of piperazine rings is 1. The second kappa shape index (κ2) is 6.20. The van der Waals surface area contributed by atoms with E-state index in [2.05, 4.69) is 15.1 Å². The maximum Gasteiger partial charge on any atom is 0.227 e. The first-order chi connectivity index (χ1) is 10.5.